The first kappa shape index (κ1) is 11.6. The predicted octanol–water partition coefficient (Wildman–Crippen LogP) is 2.50. The van der Waals surface area contributed by atoms with Crippen molar-refractivity contribution in [3.8, 4) is 0 Å². The summed E-state index contributed by atoms with van der Waals surface area (Å²) in [4.78, 5) is 11.7. The monoisotopic (exact) mass is 206 g/mol. The molecule has 0 bridgehead atoms. The van der Waals surface area contributed by atoms with Crippen molar-refractivity contribution >= 4 is 17.3 Å². The molecular formula is C12H18N2O. The van der Waals surface area contributed by atoms with Crippen molar-refractivity contribution in [2.24, 2.45) is 11.8 Å². The average molecular weight is 206 g/mol. The second kappa shape index (κ2) is 4.82. The summed E-state index contributed by atoms with van der Waals surface area (Å²) in [6.07, 6.45) is 0. The molecule has 3 heteroatoms. The van der Waals surface area contributed by atoms with Crippen LogP contribution in [0.25, 0.3) is 0 Å². The first-order chi connectivity index (χ1) is 7.00. The number of benzene rings is 1. The molecule has 0 aliphatic carbocycles. The van der Waals surface area contributed by atoms with Crippen molar-refractivity contribution in [3.05, 3.63) is 24.3 Å². The molecule has 82 valence electrons. The van der Waals surface area contributed by atoms with E-state index in [1.807, 2.05) is 32.9 Å². The zero-order valence-electron chi connectivity index (χ0n) is 9.45. The molecule has 0 aromatic heterocycles. The summed E-state index contributed by atoms with van der Waals surface area (Å²) in [5, 5.41) is 2.84. The minimum absolute atomic E-state index is 0.00595. The third kappa shape index (κ3) is 3.27. The van der Waals surface area contributed by atoms with Crippen LogP contribution in [-0.2, 0) is 4.79 Å². The molecule has 1 atom stereocenters. The lowest BCUT2D eigenvalue weighted by Gasteiger charge is -2.15. The van der Waals surface area contributed by atoms with Crippen LogP contribution in [0.15, 0.2) is 24.3 Å². The largest absolute Gasteiger partial charge is 0.399 e. The van der Waals surface area contributed by atoms with Gasteiger partial charge in [0.15, 0.2) is 0 Å². The molecule has 15 heavy (non-hydrogen) atoms. The first-order valence-electron chi connectivity index (χ1n) is 5.17. The Balaban J connectivity index is 2.66. The SMILES string of the molecule is CC(C)C(C)C(=O)Nc1cccc(N)c1. The summed E-state index contributed by atoms with van der Waals surface area (Å²) in [5.41, 5.74) is 7.03. The molecule has 3 nitrogen and oxygen atoms in total. The van der Waals surface area contributed by atoms with Crippen LogP contribution in [0.1, 0.15) is 20.8 Å². The Bertz CT molecular complexity index is 347. The highest BCUT2D eigenvalue weighted by molar-refractivity contribution is 5.92. The molecule has 1 amide bonds. The maximum absolute atomic E-state index is 11.7. The number of hydrogen-bond donors (Lipinski definition) is 2. The van der Waals surface area contributed by atoms with Gasteiger partial charge in [-0.15, -0.1) is 0 Å². The highest BCUT2D eigenvalue weighted by Crippen LogP contribution is 2.16. The van der Waals surface area contributed by atoms with E-state index in [4.69, 9.17) is 5.73 Å². The van der Waals surface area contributed by atoms with Gasteiger partial charge >= 0.3 is 0 Å². The number of anilines is 2. The molecular weight excluding hydrogens is 188 g/mol. The normalized spacial score (nSPS) is 12.5. The van der Waals surface area contributed by atoms with E-state index in [9.17, 15) is 4.79 Å². The van der Waals surface area contributed by atoms with Crippen molar-refractivity contribution < 1.29 is 4.79 Å². The summed E-state index contributed by atoms with van der Waals surface area (Å²) in [6, 6.07) is 7.21. The highest BCUT2D eigenvalue weighted by Gasteiger charge is 2.16. The van der Waals surface area contributed by atoms with Gasteiger partial charge in [0, 0.05) is 17.3 Å². The summed E-state index contributed by atoms with van der Waals surface area (Å²) < 4.78 is 0. The van der Waals surface area contributed by atoms with Gasteiger partial charge in [-0.1, -0.05) is 26.8 Å². The van der Waals surface area contributed by atoms with Crippen LogP contribution in [0.5, 0.6) is 0 Å². The Morgan fingerprint density at radius 2 is 2.00 bits per heavy atom. The van der Waals surface area contributed by atoms with Gasteiger partial charge in [-0.2, -0.15) is 0 Å². The molecule has 0 aliphatic rings. The molecule has 0 saturated carbocycles. The van der Waals surface area contributed by atoms with Crippen molar-refractivity contribution in [3.63, 3.8) is 0 Å². The van der Waals surface area contributed by atoms with Crippen molar-refractivity contribution in [1.29, 1.82) is 0 Å². The van der Waals surface area contributed by atoms with Crippen molar-refractivity contribution in [2.75, 3.05) is 11.1 Å². The quantitative estimate of drug-likeness (QED) is 0.746. The molecule has 1 unspecified atom stereocenters. The molecule has 0 saturated heterocycles. The van der Waals surface area contributed by atoms with E-state index in [2.05, 4.69) is 5.32 Å². The van der Waals surface area contributed by atoms with Crippen molar-refractivity contribution in [2.45, 2.75) is 20.8 Å². The van der Waals surface area contributed by atoms with E-state index in [-0.39, 0.29) is 11.8 Å². The Labute approximate surface area is 90.7 Å². The zero-order chi connectivity index (χ0) is 11.4. The van der Waals surface area contributed by atoms with Crippen LogP contribution < -0.4 is 11.1 Å². The molecule has 0 spiro atoms. The fourth-order valence-electron chi connectivity index (χ4n) is 1.18. The lowest BCUT2D eigenvalue weighted by atomic mass is 9.97. The summed E-state index contributed by atoms with van der Waals surface area (Å²) in [5.74, 6) is 0.382. The highest BCUT2D eigenvalue weighted by atomic mass is 16.1. The Morgan fingerprint density at radius 3 is 2.53 bits per heavy atom. The third-order valence-corrected chi connectivity index (χ3v) is 2.57. The Morgan fingerprint density at radius 1 is 1.33 bits per heavy atom. The van der Waals surface area contributed by atoms with Crippen LogP contribution in [0, 0.1) is 11.8 Å². The zero-order valence-corrected chi connectivity index (χ0v) is 9.45. The number of nitrogens with two attached hydrogens (primary N) is 1. The number of amides is 1. The number of nitrogen functional groups attached to an aromatic ring is 1. The van der Waals surface area contributed by atoms with Crippen LogP contribution in [0.4, 0.5) is 11.4 Å². The molecule has 0 aliphatic heterocycles. The first-order valence-corrected chi connectivity index (χ1v) is 5.17. The minimum Gasteiger partial charge on any atom is -0.399 e. The minimum atomic E-state index is 0.00595. The van der Waals surface area contributed by atoms with Gasteiger partial charge in [0.1, 0.15) is 0 Å². The second-order valence-electron chi connectivity index (χ2n) is 4.15. The van der Waals surface area contributed by atoms with Crippen LogP contribution in [0.2, 0.25) is 0 Å². The maximum atomic E-state index is 11.7. The summed E-state index contributed by atoms with van der Waals surface area (Å²) >= 11 is 0. The van der Waals surface area contributed by atoms with E-state index < -0.39 is 0 Å². The number of carbonyl (C=O) groups excluding carboxylic acids is 1. The Kier molecular flexibility index (Phi) is 3.72. The van der Waals surface area contributed by atoms with Crippen LogP contribution in [-0.4, -0.2) is 5.91 Å². The summed E-state index contributed by atoms with van der Waals surface area (Å²) in [6.45, 7) is 5.99. The van der Waals surface area contributed by atoms with Gasteiger partial charge in [0.25, 0.3) is 0 Å². The molecule has 1 aromatic rings. The van der Waals surface area contributed by atoms with E-state index in [0.717, 1.165) is 5.69 Å². The molecule has 3 N–H and O–H groups in total. The molecule has 1 aromatic carbocycles. The number of carbonyl (C=O) groups is 1. The fourth-order valence-corrected chi connectivity index (χ4v) is 1.18. The van der Waals surface area contributed by atoms with E-state index >= 15 is 0 Å². The van der Waals surface area contributed by atoms with Gasteiger partial charge < -0.3 is 11.1 Å². The van der Waals surface area contributed by atoms with Crippen molar-refractivity contribution in [1.82, 2.24) is 0 Å². The van der Waals surface area contributed by atoms with Crippen LogP contribution >= 0.6 is 0 Å². The van der Waals surface area contributed by atoms with Crippen LogP contribution in [0.3, 0.4) is 0 Å². The average Bonchev–Trinajstić information content (AvgIpc) is 2.16. The predicted molar refractivity (Wildman–Crippen MR) is 63.5 cm³/mol. The van der Waals surface area contributed by atoms with E-state index in [1.54, 1.807) is 12.1 Å². The van der Waals surface area contributed by atoms with Gasteiger partial charge in [-0.25, -0.2) is 0 Å². The number of hydrogen-bond acceptors (Lipinski definition) is 2. The van der Waals surface area contributed by atoms with E-state index in [0.29, 0.717) is 11.6 Å². The van der Waals surface area contributed by atoms with E-state index in [1.165, 1.54) is 0 Å². The van der Waals surface area contributed by atoms with Gasteiger partial charge in [0.05, 0.1) is 0 Å². The molecule has 0 radical (unpaired) electrons. The summed E-state index contributed by atoms with van der Waals surface area (Å²) in [7, 11) is 0. The number of nitrogens with one attached hydrogen (secondary N) is 1. The molecule has 1 rings (SSSR count). The number of rotatable bonds is 3. The third-order valence-electron chi connectivity index (χ3n) is 2.57. The fraction of sp³-hybridized carbons (Fsp3) is 0.417. The second-order valence-corrected chi connectivity index (χ2v) is 4.15. The molecule has 0 fully saturated rings. The van der Waals surface area contributed by atoms with Gasteiger partial charge in [0.2, 0.25) is 5.91 Å². The topological polar surface area (TPSA) is 55.1 Å². The lowest BCUT2D eigenvalue weighted by molar-refractivity contribution is -0.120. The smallest absolute Gasteiger partial charge is 0.227 e. The lowest BCUT2D eigenvalue weighted by Crippen LogP contribution is -2.24. The van der Waals surface area contributed by atoms with Gasteiger partial charge in [-0.3, -0.25) is 4.79 Å². The standard InChI is InChI=1S/C12H18N2O/c1-8(2)9(3)12(15)14-11-6-4-5-10(13)7-11/h4-9H,13H2,1-3H3,(H,14,15). The maximum Gasteiger partial charge on any atom is 0.227 e. The molecule has 0 heterocycles. The Hall–Kier alpha value is -1.51. The van der Waals surface area contributed by atoms with Gasteiger partial charge in [-0.05, 0) is 24.1 Å².